The highest BCUT2D eigenvalue weighted by atomic mass is 16.5. The molecule has 0 aromatic rings. The van der Waals surface area contributed by atoms with Crippen LogP contribution in [0.25, 0.3) is 0 Å². The summed E-state index contributed by atoms with van der Waals surface area (Å²) in [6.07, 6.45) is 4.51. The summed E-state index contributed by atoms with van der Waals surface area (Å²) in [7, 11) is 0. The van der Waals surface area contributed by atoms with Gasteiger partial charge in [0.15, 0.2) is 5.78 Å². The molecule has 0 heterocycles. The quantitative estimate of drug-likeness (QED) is 0.408. The maximum Gasteiger partial charge on any atom is 0.333 e. The molecule has 1 aliphatic rings. The predicted molar refractivity (Wildman–Crippen MR) is 77.1 cm³/mol. The van der Waals surface area contributed by atoms with Crippen LogP contribution in [0, 0.1) is 5.41 Å². The van der Waals surface area contributed by atoms with Gasteiger partial charge >= 0.3 is 5.97 Å². The first-order chi connectivity index (χ1) is 9.30. The van der Waals surface area contributed by atoms with Gasteiger partial charge in [0.1, 0.15) is 5.76 Å². The first-order valence-corrected chi connectivity index (χ1v) is 6.99. The van der Waals surface area contributed by atoms with E-state index in [1.54, 1.807) is 13.0 Å². The van der Waals surface area contributed by atoms with Gasteiger partial charge in [0.2, 0.25) is 0 Å². The van der Waals surface area contributed by atoms with Crippen LogP contribution < -0.4 is 0 Å². The summed E-state index contributed by atoms with van der Waals surface area (Å²) in [4.78, 5) is 22.7. The monoisotopic (exact) mass is 280 g/mol. The van der Waals surface area contributed by atoms with Gasteiger partial charge in [0.05, 0.1) is 13.2 Å². The van der Waals surface area contributed by atoms with Gasteiger partial charge in [-0.05, 0) is 25.2 Å². The van der Waals surface area contributed by atoms with Gasteiger partial charge in [-0.15, -0.1) is 0 Å². The van der Waals surface area contributed by atoms with Crippen LogP contribution in [0.3, 0.4) is 0 Å². The van der Waals surface area contributed by atoms with Gasteiger partial charge in [0, 0.05) is 24.5 Å². The summed E-state index contributed by atoms with van der Waals surface area (Å²) in [5.41, 5.74) is 0.396. The molecule has 0 saturated heterocycles. The van der Waals surface area contributed by atoms with Crippen LogP contribution in [0.4, 0.5) is 0 Å². The Kier molecular flexibility index (Phi) is 5.99. The second kappa shape index (κ2) is 7.27. The summed E-state index contributed by atoms with van der Waals surface area (Å²) >= 11 is 0. The zero-order valence-corrected chi connectivity index (χ0v) is 12.7. The Morgan fingerprint density at radius 2 is 1.95 bits per heavy atom. The topological polar surface area (TPSA) is 52.6 Å². The number of esters is 1. The molecule has 4 nitrogen and oxygen atoms in total. The first-order valence-electron chi connectivity index (χ1n) is 6.99. The molecule has 1 rings (SSSR count). The lowest BCUT2D eigenvalue weighted by atomic mass is 9.79. The number of ketones is 1. The van der Waals surface area contributed by atoms with Gasteiger partial charge in [-0.1, -0.05) is 20.4 Å². The fourth-order valence-corrected chi connectivity index (χ4v) is 2.08. The van der Waals surface area contributed by atoms with Crippen molar-refractivity contribution >= 4 is 11.8 Å². The minimum absolute atomic E-state index is 0.0157. The van der Waals surface area contributed by atoms with Crippen LogP contribution >= 0.6 is 0 Å². The minimum Gasteiger partial charge on any atom is -0.498 e. The highest BCUT2D eigenvalue weighted by Gasteiger charge is 2.28. The summed E-state index contributed by atoms with van der Waals surface area (Å²) in [5, 5.41) is 0. The third-order valence-electron chi connectivity index (χ3n) is 3.04. The van der Waals surface area contributed by atoms with Crippen molar-refractivity contribution in [2.75, 3.05) is 13.2 Å². The molecule has 4 heteroatoms. The van der Waals surface area contributed by atoms with Crippen molar-refractivity contribution in [2.24, 2.45) is 5.41 Å². The largest absolute Gasteiger partial charge is 0.498 e. The summed E-state index contributed by atoms with van der Waals surface area (Å²) < 4.78 is 10.6. The Bertz CT molecular complexity index is 418. The normalized spacial score (nSPS) is 17.4. The number of ether oxygens (including phenoxy) is 2. The number of allylic oxidation sites excluding steroid dienone is 2. The molecule has 0 aromatic carbocycles. The zero-order chi connectivity index (χ0) is 15.2. The van der Waals surface area contributed by atoms with Crippen molar-refractivity contribution < 1.29 is 19.1 Å². The standard InChI is InChI=1S/C16H24O4/c1-12(2)15(18)20-8-6-5-7-19-14-9-13(17)10-16(3,4)11-14/h9H,1,5-8,10-11H2,2-4H3. The van der Waals surface area contributed by atoms with Crippen molar-refractivity contribution in [1.29, 1.82) is 0 Å². The van der Waals surface area contributed by atoms with E-state index in [-0.39, 0.29) is 17.2 Å². The minimum atomic E-state index is -0.353. The Hall–Kier alpha value is -1.58. The molecule has 0 atom stereocenters. The molecule has 20 heavy (non-hydrogen) atoms. The lowest BCUT2D eigenvalue weighted by Gasteiger charge is -2.28. The number of hydrogen-bond donors (Lipinski definition) is 0. The van der Waals surface area contributed by atoms with Gasteiger partial charge in [-0.2, -0.15) is 0 Å². The van der Waals surface area contributed by atoms with Crippen LogP contribution in [0.15, 0.2) is 24.0 Å². The van der Waals surface area contributed by atoms with Crippen molar-refractivity contribution in [1.82, 2.24) is 0 Å². The molecule has 1 aliphatic carbocycles. The third kappa shape index (κ3) is 6.04. The van der Waals surface area contributed by atoms with E-state index in [0.29, 0.717) is 25.2 Å². The first kappa shape index (κ1) is 16.5. The molecule has 0 aromatic heterocycles. The van der Waals surface area contributed by atoms with Gasteiger partial charge in [-0.25, -0.2) is 4.79 Å². The molecule has 0 N–H and O–H groups in total. The lowest BCUT2D eigenvalue weighted by Crippen LogP contribution is -2.22. The smallest absolute Gasteiger partial charge is 0.333 e. The number of rotatable bonds is 7. The summed E-state index contributed by atoms with van der Waals surface area (Å²) in [5.74, 6) is 0.546. The van der Waals surface area contributed by atoms with E-state index in [1.807, 2.05) is 0 Å². The molecule has 0 unspecified atom stereocenters. The molecule has 0 aliphatic heterocycles. The molecular weight excluding hydrogens is 256 g/mol. The Labute approximate surface area is 120 Å². The number of carbonyl (C=O) groups is 2. The van der Waals surface area contributed by atoms with Crippen LogP contribution in [0.2, 0.25) is 0 Å². The Morgan fingerprint density at radius 3 is 2.55 bits per heavy atom. The van der Waals surface area contributed by atoms with E-state index in [4.69, 9.17) is 9.47 Å². The molecule has 0 fully saturated rings. The van der Waals surface area contributed by atoms with E-state index in [1.165, 1.54) is 0 Å². The average Bonchev–Trinajstić information content (AvgIpc) is 2.30. The highest BCUT2D eigenvalue weighted by molar-refractivity contribution is 5.91. The van der Waals surface area contributed by atoms with Crippen LogP contribution in [0.1, 0.15) is 46.5 Å². The fourth-order valence-electron chi connectivity index (χ4n) is 2.08. The van der Waals surface area contributed by atoms with Crippen LogP contribution in [-0.2, 0) is 19.1 Å². The van der Waals surface area contributed by atoms with E-state index in [0.717, 1.165) is 25.0 Å². The maximum atomic E-state index is 11.5. The van der Waals surface area contributed by atoms with Crippen LogP contribution in [-0.4, -0.2) is 25.0 Å². The molecule has 0 amide bonds. The Balaban J connectivity index is 2.17. The van der Waals surface area contributed by atoms with E-state index in [9.17, 15) is 9.59 Å². The van der Waals surface area contributed by atoms with E-state index in [2.05, 4.69) is 20.4 Å². The second-order valence-corrected chi connectivity index (χ2v) is 6.07. The van der Waals surface area contributed by atoms with E-state index < -0.39 is 0 Å². The van der Waals surface area contributed by atoms with Crippen molar-refractivity contribution in [3.05, 3.63) is 24.0 Å². The highest BCUT2D eigenvalue weighted by Crippen LogP contribution is 2.33. The SMILES string of the molecule is C=C(C)C(=O)OCCCCOC1=CC(=O)CC(C)(C)C1. The number of unbranched alkanes of at least 4 members (excludes halogenated alkanes) is 1. The average molecular weight is 280 g/mol. The predicted octanol–water partition coefficient (Wildman–Crippen LogP) is 3.18. The molecule has 0 bridgehead atoms. The molecule has 112 valence electrons. The number of carbonyl (C=O) groups excluding carboxylic acids is 2. The van der Waals surface area contributed by atoms with Crippen LogP contribution in [0.5, 0.6) is 0 Å². The maximum absolute atomic E-state index is 11.5. The van der Waals surface area contributed by atoms with Crippen molar-refractivity contribution in [3.63, 3.8) is 0 Å². The molecule has 0 spiro atoms. The molecule has 0 saturated carbocycles. The second-order valence-electron chi connectivity index (χ2n) is 6.07. The van der Waals surface area contributed by atoms with E-state index >= 15 is 0 Å². The third-order valence-corrected chi connectivity index (χ3v) is 3.04. The summed E-state index contributed by atoms with van der Waals surface area (Å²) in [6.45, 7) is 10.2. The zero-order valence-electron chi connectivity index (χ0n) is 12.7. The summed E-state index contributed by atoms with van der Waals surface area (Å²) in [6, 6.07) is 0. The molecule has 0 radical (unpaired) electrons. The number of hydrogen-bond acceptors (Lipinski definition) is 4. The van der Waals surface area contributed by atoms with Crippen molar-refractivity contribution in [2.45, 2.75) is 46.5 Å². The van der Waals surface area contributed by atoms with Crippen molar-refractivity contribution in [3.8, 4) is 0 Å². The van der Waals surface area contributed by atoms with Gasteiger partial charge < -0.3 is 9.47 Å². The van der Waals surface area contributed by atoms with Gasteiger partial charge in [0.25, 0.3) is 0 Å². The Morgan fingerprint density at radius 1 is 1.30 bits per heavy atom. The lowest BCUT2D eigenvalue weighted by molar-refractivity contribution is -0.139. The van der Waals surface area contributed by atoms with Gasteiger partial charge in [-0.3, -0.25) is 4.79 Å². The molecular formula is C16H24O4. The fraction of sp³-hybridized carbons (Fsp3) is 0.625.